The molecule has 8 nitrogen and oxygen atoms in total. The molecule has 2 heterocycles. The first-order valence-electron chi connectivity index (χ1n) is 10.7. The molecule has 0 aliphatic heterocycles. The number of pyridine rings is 1. The number of fused-ring (bicyclic) bond motifs is 1. The maximum absolute atomic E-state index is 12.0. The van der Waals surface area contributed by atoms with E-state index in [1.54, 1.807) is 35.0 Å². The Kier molecular flexibility index (Phi) is 6.56. The largest absolute Gasteiger partial charge is 0.494 e. The molecule has 9 heteroatoms. The van der Waals surface area contributed by atoms with E-state index in [2.05, 4.69) is 4.98 Å². The van der Waals surface area contributed by atoms with Crippen LogP contribution >= 0.6 is 0 Å². The molecule has 0 bridgehead atoms. The van der Waals surface area contributed by atoms with Gasteiger partial charge in [0.05, 0.1) is 29.3 Å². The molecule has 0 spiro atoms. The van der Waals surface area contributed by atoms with Gasteiger partial charge in [-0.3, -0.25) is 4.98 Å². The van der Waals surface area contributed by atoms with E-state index >= 15 is 0 Å². The van der Waals surface area contributed by atoms with Crippen molar-refractivity contribution in [1.82, 2.24) is 9.55 Å². The van der Waals surface area contributed by atoms with E-state index in [4.69, 9.17) is 9.47 Å². The first-order chi connectivity index (χ1) is 16.3. The Hall–Kier alpha value is -3.85. The smallest absolute Gasteiger partial charge is 0.352 e. The SMILES string of the molecule is CCOc1cccc(-c2nccc3c2cc(C(=O)O)n3CCOc2ccc(S(C)(=O)=O)cc2)c1. The zero-order chi connectivity index (χ0) is 24.3. The summed E-state index contributed by atoms with van der Waals surface area (Å²) in [7, 11) is -3.29. The number of aromatic nitrogens is 2. The van der Waals surface area contributed by atoms with E-state index in [1.165, 1.54) is 12.1 Å². The molecule has 0 aliphatic carbocycles. The van der Waals surface area contributed by atoms with Crippen molar-refractivity contribution in [3.63, 3.8) is 0 Å². The van der Waals surface area contributed by atoms with Crippen molar-refractivity contribution in [2.24, 2.45) is 0 Å². The summed E-state index contributed by atoms with van der Waals surface area (Å²) in [4.78, 5) is 16.7. The summed E-state index contributed by atoms with van der Waals surface area (Å²) < 4.78 is 36.2. The molecule has 0 amide bonds. The second kappa shape index (κ2) is 9.56. The van der Waals surface area contributed by atoms with Crippen LogP contribution in [0.4, 0.5) is 0 Å². The third kappa shape index (κ3) is 4.89. The van der Waals surface area contributed by atoms with Crippen LogP contribution < -0.4 is 9.47 Å². The fourth-order valence-corrected chi connectivity index (χ4v) is 4.40. The third-order valence-corrected chi connectivity index (χ3v) is 6.43. The van der Waals surface area contributed by atoms with Crippen molar-refractivity contribution in [2.75, 3.05) is 19.5 Å². The van der Waals surface area contributed by atoms with E-state index in [1.807, 2.05) is 31.2 Å². The number of aromatic carboxylic acids is 1. The van der Waals surface area contributed by atoms with E-state index in [0.29, 0.717) is 29.2 Å². The summed E-state index contributed by atoms with van der Waals surface area (Å²) >= 11 is 0. The van der Waals surface area contributed by atoms with Gasteiger partial charge in [0.15, 0.2) is 9.84 Å². The van der Waals surface area contributed by atoms with E-state index in [-0.39, 0.29) is 23.7 Å². The van der Waals surface area contributed by atoms with Gasteiger partial charge in [0.25, 0.3) is 0 Å². The van der Waals surface area contributed by atoms with Gasteiger partial charge in [0, 0.05) is 23.4 Å². The average molecular weight is 481 g/mol. The highest BCUT2D eigenvalue weighted by Crippen LogP contribution is 2.31. The number of hydrogen-bond donors (Lipinski definition) is 1. The zero-order valence-corrected chi connectivity index (χ0v) is 19.6. The van der Waals surface area contributed by atoms with Crippen LogP contribution in [0, 0.1) is 0 Å². The van der Waals surface area contributed by atoms with Crippen LogP contribution in [-0.2, 0) is 16.4 Å². The average Bonchev–Trinajstić information content (AvgIpc) is 3.18. The number of sulfone groups is 1. The van der Waals surface area contributed by atoms with Gasteiger partial charge in [-0.2, -0.15) is 0 Å². The Balaban J connectivity index is 1.63. The summed E-state index contributed by atoms with van der Waals surface area (Å²) in [5.41, 5.74) is 2.34. The highest BCUT2D eigenvalue weighted by atomic mass is 32.2. The van der Waals surface area contributed by atoms with Crippen LogP contribution in [0.5, 0.6) is 11.5 Å². The van der Waals surface area contributed by atoms with E-state index in [0.717, 1.165) is 17.3 Å². The Morgan fingerprint density at radius 3 is 2.47 bits per heavy atom. The van der Waals surface area contributed by atoms with Crippen molar-refractivity contribution in [3.8, 4) is 22.8 Å². The molecule has 0 saturated heterocycles. The number of carboxylic acids is 1. The molecule has 4 aromatic rings. The lowest BCUT2D eigenvalue weighted by Gasteiger charge is -2.11. The van der Waals surface area contributed by atoms with Crippen molar-refractivity contribution in [3.05, 3.63) is 72.6 Å². The van der Waals surface area contributed by atoms with Crippen LogP contribution in [0.15, 0.2) is 71.8 Å². The lowest BCUT2D eigenvalue weighted by molar-refractivity contribution is 0.0684. The number of nitrogens with zero attached hydrogens (tertiary/aromatic N) is 2. The van der Waals surface area contributed by atoms with Gasteiger partial charge >= 0.3 is 5.97 Å². The molecule has 0 aliphatic rings. The number of ether oxygens (including phenoxy) is 2. The number of benzene rings is 2. The van der Waals surface area contributed by atoms with Gasteiger partial charge in [0.2, 0.25) is 0 Å². The van der Waals surface area contributed by atoms with Crippen LogP contribution in [0.1, 0.15) is 17.4 Å². The molecule has 176 valence electrons. The van der Waals surface area contributed by atoms with Gasteiger partial charge in [-0.05, 0) is 55.5 Å². The van der Waals surface area contributed by atoms with Crippen molar-refractivity contribution in [2.45, 2.75) is 18.4 Å². The minimum Gasteiger partial charge on any atom is -0.494 e. The molecule has 2 aromatic carbocycles. The van der Waals surface area contributed by atoms with Crippen LogP contribution in [0.2, 0.25) is 0 Å². The van der Waals surface area contributed by atoms with Gasteiger partial charge in [-0.15, -0.1) is 0 Å². The summed E-state index contributed by atoms with van der Waals surface area (Å²) in [5, 5.41) is 10.5. The lowest BCUT2D eigenvalue weighted by atomic mass is 10.1. The fourth-order valence-electron chi connectivity index (χ4n) is 3.77. The predicted molar refractivity (Wildman–Crippen MR) is 128 cm³/mol. The monoisotopic (exact) mass is 480 g/mol. The highest BCUT2D eigenvalue weighted by Gasteiger charge is 2.18. The molecule has 0 fully saturated rings. The zero-order valence-electron chi connectivity index (χ0n) is 18.8. The highest BCUT2D eigenvalue weighted by molar-refractivity contribution is 7.90. The van der Waals surface area contributed by atoms with Crippen LogP contribution in [-0.4, -0.2) is 48.5 Å². The minimum atomic E-state index is -3.29. The first-order valence-corrected chi connectivity index (χ1v) is 12.5. The second-order valence-corrected chi connectivity index (χ2v) is 9.65. The van der Waals surface area contributed by atoms with Gasteiger partial charge in [-0.1, -0.05) is 12.1 Å². The molecule has 0 saturated carbocycles. The number of hydrogen-bond acceptors (Lipinski definition) is 6. The molecule has 1 N–H and O–H groups in total. The van der Waals surface area contributed by atoms with Crippen LogP contribution in [0.25, 0.3) is 22.2 Å². The quantitative estimate of drug-likeness (QED) is 0.381. The van der Waals surface area contributed by atoms with Crippen LogP contribution in [0.3, 0.4) is 0 Å². The lowest BCUT2D eigenvalue weighted by Crippen LogP contribution is -2.13. The molecule has 0 radical (unpaired) electrons. The van der Waals surface area contributed by atoms with Gasteiger partial charge < -0.3 is 19.1 Å². The minimum absolute atomic E-state index is 0.126. The standard InChI is InChI=1S/C25H24N2O6S/c1-3-32-19-6-4-5-17(15-19)24-21-16-23(25(28)29)27(22(21)11-12-26-24)13-14-33-18-7-9-20(10-8-18)34(2,30)31/h4-12,15-16H,3,13-14H2,1-2H3,(H,28,29). The summed E-state index contributed by atoms with van der Waals surface area (Å²) in [6, 6.07) is 17.0. The summed E-state index contributed by atoms with van der Waals surface area (Å²) in [5.74, 6) is 0.158. The maximum Gasteiger partial charge on any atom is 0.352 e. The molecule has 34 heavy (non-hydrogen) atoms. The Morgan fingerprint density at radius 1 is 1.03 bits per heavy atom. The number of carbonyl (C=O) groups is 1. The molecule has 2 aromatic heterocycles. The summed E-state index contributed by atoms with van der Waals surface area (Å²) in [6.07, 6.45) is 2.79. The normalized spacial score (nSPS) is 11.5. The Bertz CT molecular complexity index is 1440. The Morgan fingerprint density at radius 2 is 1.79 bits per heavy atom. The van der Waals surface area contributed by atoms with Crippen molar-refractivity contribution >= 4 is 26.7 Å². The number of carboxylic acid groups (broad SMARTS) is 1. The third-order valence-electron chi connectivity index (χ3n) is 5.30. The fraction of sp³-hybridized carbons (Fsp3) is 0.200. The van der Waals surface area contributed by atoms with Gasteiger partial charge in [-0.25, -0.2) is 13.2 Å². The second-order valence-electron chi connectivity index (χ2n) is 7.63. The molecule has 4 rings (SSSR count). The Labute approximate surface area is 197 Å². The number of rotatable bonds is 9. The van der Waals surface area contributed by atoms with Crippen molar-refractivity contribution in [1.29, 1.82) is 0 Å². The van der Waals surface area contributed by atoms with Crippen molar-refractivity contribution < 1.29 is 27.8 Å². The molecular formula is C25H24N2O6S. The molecular weight excluding hydrogens is 456 g/mol. The predicted octanol–water partition coefficient (Wildman–Crippen LogP) is 4.28. The summed E-state index contributed by atoms with van der Waals surface area (Å²) in [6.45, 7) is 2.92. The maximum atomic E-state index is 12.0. The topological polar surface area (TPSA) is 108 Å². The molecule has 0 atom stereocenters. The van der Waals surface area contributed by atoms with Gasteiger partial charge in [0.1, 0.15) is 23.8 Å². The van der Waals surface area contributed by atoms with E-state index < -0.39 is 15.8 Å². The van der Waals surface area contributed by atoms with E-state index in [9.17, 15) is 18.3 Å². The molecule has 0 unspecified atom stereocenters. The first kappa shape index (κ1) is 23.3.